The molecule has 0 fully saturated rings. The molecule has 0 aliphatic heterocycles. The number of hydrogen-bond acceptors (Lipinski definition) is 2. The third kappa shape index (κ3) is 3.30. The van der Waals surface area contributed by atoms with Gasteiger partial charge >= 0.3 is 0 Å². The summed E-state index contributed by atoms with van der Waals surface area (Å²) in [5.74, 6) is 0.662. The first-order valence-corrected chi connectivity index (χ1v) is 2.23. The van der Waals surface area contributed by atoms with Crippen molar-refractivity contribution in [2.45, 2.75) is 6.92 Å². The summed E-state index contributed by atoms with van der Waals surface area (Å²) in [4.78, 5) is 7.26. The normalized spacial score (nSPS) is 10.3. The molecular weight excluding hydrogens is 108 g/mol. The molecule has 0 unspecified atom stereocenters. The molecule has 3 heteroatoms. The first kappa shape index (κ1) is 6.47. The second kappa shape index (κ2) is 3.65. The van der Waals surface area contributed by atoms with E-state index < -0.39 is 0 Å². The zero-order valence-electron chi connectivity index (χ0n) is 4.30. The predicted molar refractivity (Wildman–Crippen MR) is 34.1 cm³/mol. The molecule has 0 amide bonds. The van der Waals surface area contributed by atoms with Crippen molar-refractivity contribution in [1.29, 1.82) is 0 Å². The second-order valence-electron chi connectivity index (χ2n) is 0.974. The van der Waals surface area contributed by atoms with Crippen LogP contribution in [0, 0.1) is 0 Å². The molecule has 2 nitrogen and oxygen atoms in total. The minimum absolute atomic E-state index is 0.662. The summed E-state index contributed by atoms with van der Waals surface area (Å²) < 4.78 is 0. The van der Waals surface area contributed by atoms with E-state index in [1.165, 1.54) is 0 Å². The summed E-state index contributed by atoms with van der Waals surface area (Å²) in [6.45, 7) is 1.76. The molecule has 38 valence electrons. The molecule has 0 radical (unpaired) electrons. The zero-order valence-corrected chi connectivity index (χ0v) is 5.12. The van der Waals surface area contributed by atoms with Gasteiger partial charge in [-0.2, -0.15) is 4.99 Å². The van der Waals surface area contributed by atoms with E-state index >= 15 is 0 Å². The number of thiocarbonyl (C=S) groups is 1. The van der Waals surface area contributed by atoms with Gasteiger partial charge in [0.05, 0.1) is 5.16 Å². The average Bonchev–Trinajstić information content (AvgIpc) is 1.68. The van der Waals surface area contributed by atoms with E-state index in [4.69, 9.17) is 0 Å². The molecule has 0 saturated heterocycles. The standard InChI is InChI=1S/C4H6N2S/c1-4(5-2)6-3-7/h1-2H3. The molecular formula is C4H6N2S. The van der Waals surface area contributed by atoms with Crippen LogP contribution in [-0.2, 0) is 0 Å². The van der Waals surface area contributed by atoms with Gasteiger partial charge in [-0.3, -0.25) is 4.99 Å². The Labute approximate surface area is 48.0 Å². The monoisotopic (exact) mass is 114 g/mol. The summed E-state index contributed by atoms with van der Waals surface area (Å²) in [6, 6.07) is 0. The van der Waals surface area contributed by atoms with Crippen molar-refractivity contribution in [3.8, 4) is 0 Å². The van der Waals surface area contributed by atoms with Crippen LogP contribution in [0.5, 0.6) is 0 Å². The van der Waals surface area contributed by atoms with Gasteiger partial charge in [0.25, 0.3) is 0 Å². The van der Waals surface area contributed by atoms with Crippen LogP contribution in [0.15, 0.2) is 9.98 Å². The lowest BCUT2D eigenvalue weighted by Crippen LogP contribution is -1.79. The van der Waals surface area contributed by atoms with Crippen LogP contribution in [-0.4, -0.2) is 18.0 Å². The van der Waals surface area contributed by atoms with Gasteiger partial charge in [-0.1, -0.05) is 0 Å². The maximum Gasteiger partial charge on any atom is 0.130 e. The van der Waals surface area contributed by atoms with Crippen molar-refractivity contribution in [2.75, 3.05) is 7.05 Å². The van der Waals surface area contributed by atoms with Crippen molar-refractivity contribution >= 4 is 23.2 Å². The van der Waals surface area contributed by atoms with Gasteiger partial charge in [-0.25, -0.2) is 0 Å². The highest BCUT2D eigenvalue weighted by Crippen LogP contribution is 1.71. The lowest BCUT2D eigenvalue weighted by atomic mass is 10.7. The highest BCUT2D eigenvalue weighted by Gasteiger charge is 1.72. The molecule has 0 spiro atoms. The highest BCUT2D eigenvalue weighted by molar-refractivity contribution is 7.78. The van der Waals surface area contributed by atoms with Gasteiger partial charge in [0.1, 0.15) is 5.84 Å². The Morgan fingerprint density at radius 3 is 2.43 bits per heavy atom. The van der Waals surface area contributed by atoms with Gasteiger partial charge in [0, 0.05) is 7.05 Å². The Morgan fingerprint density at radius 2 is 2.29 bits per heavy atom. The fourth-order valence-electron chi connectivity index (χ4n) is 0.116. The first-order chi connectivity index (χ1) is 3.31. The highest BCUT2D eigenvalue weighted by atomic mass is 32.1. The zero-order chi connectivity index (χ0) is 5.70. The van der Waals surface area contributed by atoms with Crippen LogP contribution in [0.25, 0.3) is 0 Å². The quantitative estimate of drug-likeness (QED) is 0.263. The summed E-state index contributed by atoms with van der Waals surface area (Å²) in [5.41, 5.74) is 0. The average molecular weight is 114 g/mol. The minimum atomic E-state index is 0.662. The Morgan fingerprint density at radius 1 is 1.71 bits per heavy atom. The first-order valence-electron chi connectivity index (χ1n) is 1.82. The van der Waals surface area contributed by atoms with Crippen LogP contribution in [0.1, 0.15) is 6.92 Å². The molecule has 0 saturated carbocycles. The van der Waals surface area contributed by atoms with E-state index in [0.29, 0.717) is 5.84 Å². The van der Waals surface area contributed by atoms with Gasteiger partial charge in [0.15, 0.2) is 0 Å². The Hall–Kier alpha value is -0.530. The van der Waals surface area contributed by atoms with Gasteiger partial charge < -0.3 is 0 Å². The SMILES string of the molecule is CN=C(C)N=C=S. The Bertz CT molecular complexity index is 122. The lowest BCUT2D eigenvalue weighted by Gasteiger charge is -1.76. The summed E-state index contributed by atoms with van der Waals surface area (Å²) in [5, 5.41) is 2.20. The molecule has 0 aliphatic rings. The lowest BCUT2D eigenvalue weighted by molar-refractivity contribution is 1.39. The van der Waals surface area contributed by atoms with Crippen LogP contribution in [0.4, 0.5) is 0 Å². The number of nitrogens with zero attached hydrogens (tertiary/aromatic N) is 2. The summed E-state index contributed by atoms with van der Waals surface area (Å²) >= 11 is 4.30. The van der Waals surface area contributed by atoms with Gasteiger partial charge in [0.2, 0.25) is 0 Å². The number of rotatable bonds is 0. The van der Waals surface area contributed by atoms with Crippen LogP contribution < -0.4 is 0 Å². The molecule has 0 heterocycles. The molecule has 7 heavy (non-hydrogen) atoms. The maximum absolute atomic E-state index is 4.30. The Kier molecular flexibility index (Phi) is 3.38. The molecule has 0 aliphatic carbocycles. The van der Waals surface area contributed by atoms with E-state index in [1.54, 1.807) is 14.0 Å². The van der Waals surface area contributed by atoms with Crippen molar-refractivity contribution < 1.29 is 0 Å². The Balaban J connectivity index is 3.82. The van der Waals surface area contributed by atoms with Crippen LogP contribution in [0.3, 0.4) is 0 Å². The molecule has 0 rings (SSSR count). The third-order valence-corrected chi connectivity index (χ3v) is 0.622. The van der Waals surface area contributed by atoms with Crippen LogP contribution >= 0.6 is 12.2 Å². The number of hydrogen-bond donors (Lipinski definition) is 0. The van der Waals surface area contributed by atoms with Gasteiger partial charge in [-0.15, -0.1) is 0 Å². The molecule has 0 aromatic heterocycles. The second-order valence-corrected chi connectivity index (χ2v) is 1.16. The number of amidine groups is 1. The molecule has 0 aromatic carbocycles. The van der Waals surface area contributed by atoms with Crippen molar-refractivity contribution in [1.82, 2.24) is 0 Å². The molecule has 0 atom stereocenters. The van der Waals surface area contributed by atoms with Crippen molar-refractivity contribution in [2.24, 2.45) is 9.98 Å². The minimum Gasteiger partial charge on any atom is -0.273 e. The number of aliphatic imine (C=N–C) groups is 2. The largest absolute Gasteiger partial charge is 0.273 e. The maximum atomic E-state index is 4.30. The summed E-state index contributed by atoms with van der Waals surface area (Å²) in [7, 11) is 1.66. The van der Waals surface area contributed by atoms with Gasteiger partial charge in [-0.05, 0) is 19.1 Å². The van der Waals surface area contributed by atoms with E-state index in [9.17, 15) is 0 Å². The fraction of sp³-hybridized carbons (Fsp3) is 0.500. The summed E-state index contributed by atoms with van der Waals surface area (Å²) in [6.07, 6.45) is 0. The molecule has 0 aromatic rings. The van der Waals surface area contributed by atoms with E-state index in [-0.39, 0.29) is 0 Å². The van der Waals surface area contributed by atoms with E-state index in [1.807, 2.05) is 0 Å². The van der Waals surface area contributed by atoms with Crippen molar-refractivity contribution in [3.63, 3.8) is 0 Å². The molecule has 0 bridgehead atoms. The van der Waals surface area contributed by atoms with E-state index in [0.717, 1.165) is 0 Å². The number of isothiocyanates is 1. The molecule has 0 N–H and O–H groups in total. The van der Waals surface area contributed by atoms with Crippen LogP contribution in [0.2, 0.25) is 0 Å². The van der Waals surface area contributed by atoms with E-state index in [2.05, 4.69) is 27.4 Å². The smallest absolute Gasteiger partial charge is 0.130 e. The third-order valence-electron chi connectivity index (χ3n) is 0.531. The fourth-order valence-corrected chi connectivity index (χ4v) is 0.248. The topological polar surface area (TPSA) is 24.7 Å². The predicted octanol–water partition coefficient (Wildman–Crippen LogP) is 1.14. The van der Waals surface area contributed by atoms with Crippen molar-refractivity contribution in [3.05, 3.63) is 0 Å².